The van der Waals surface area contributed by atoms with Crippen LogP contribution in [0, 0.1) is 6.92 Å². The fraction of sp³-hybridized carbons (Fsp3) is 0.278. The summed E-state index contributed by atoms with van der Waals surface area (Å²) in [5.74, 6) is 0.274. The third-order valence-electron chi connectivity index (χ3n) is 3.79. The highest BCUT2D eigenvalue weighted by Gasteiger charge is 2.12. The lowest BCUT2D eigenvalue weighted by Gasteiger charge is -2.15. The molecule has 0 fully saturated rings. The second-order valence-electron chi connectivity index (χ2n) is 5.31. The van der Waals surface area contributed by atoms with Crippen molar-refractivity contribution in [3.8, 4) is 0 Å². The molecule has 110 valence electrons. The van der Waals surface area contributed by atoms with E-state index in [-0.39, 0.29) is 5.91 Å². The molecular formula is C18H20ClNO. The average Bonchev–Trinajstić information content (AvgIpc) is 2.49. The smallest absolute Gasteiger partial charge is 0.255 e. The minimum Gasteiger partial charge on any atom is -0.322 e. The Hall–Kier alpha value is -1.80. The van der Waals surface area contributed by atoms with Crippen LogP contribution in [0.15, 0.2) is 42.5 Å². The predicted molar refractivity (Wildman–Crippen MR) is 89.3 cm³/mol. The number of carbonyl (C=O) groups is 1. The van der Waals surface area contributed by atoms with E-state index in [1.807, 2.05) is 31.2 Å². The standard InChI is InChI=1S/C18H20ClNO/c1-4-12(2)15-7-5-6-8-17(15)20-18(21)14-10-9-13(3)16(19)11-14/h5-12H,4H2,1-3H3,(H,20,21)/t12-/m0/s1. The molecule has 1 N–H and O–H groups in total. The number of para-hydroxylation sites is 1. The third-order valence-corrected chi connectivity index (χ3v) is 4.19. The van der Waals surface area contributed by atoms with Crippen molar-refractivity contribution in [2.75, 3.05) is 5.32 Å². The lowest BCUT2D eigenvalue weighted by Crippen LogP contribution is -2.14. The first-order valence-electron chi connectivity index (χ1n) is 7.19. The molecule has 0 saturated carbocycles. The number of carbonyl (C=O) groups excluding carboxylic acids is 1. The molecule has 3 heteroatoms. The molecular weight excluding hydrogens is 282 g/mol. The van der Waals surface area contributed by atoms with Gasteiger partial charge in [-0.25, -0.2) is 0 Å². The Labute approximate surface area is 131 Å². The highest BCUT2D eigenvalue weighted by Crippen LogP contribution is 2.27. The highest BCUT2D eigenvalue weighted by molar-refractivity contribution is 6.31. The van der Waals surface area contributed by atoms with Gasteiger partial charge in [-0.2, -0.15) is 0 Å². The summed E-state index contributed by atoms with van der Waals surface area (Å²) in [7, 11) is 0. The molecule has 2 nitrogen and oxygen atoms in total. The van der Waals surface area contributed by atoms with Crippen molar-refractivity contribution < 1.29 is 4.79 Å². The van der Waals surface area contributed by atoms with Crippen molar-refractivity contribution in [1.82, 2.24) is 0 Å². The van der Waals surface area contributed by atoms with Gasteiger partial charge in [0.1, 0.15) is 0 Å². The minimum atomic E-state index is -0.132. The monoisotopic (exact) mass is 301 g/mol. The molecule has 21 heavy (non-hydrogen) atoms. The van der Waals surface area contributed by atoms with Crippen molar-refractivity contribution in [3.63, 3.8) is 0 Å². The number of anilines is 1. The normalized spacial score (nSPS) is 12.0. The largest absolute Gasteiger partial charge is 0.322 e. The minimum absolute atomic E-state index is 0.132. The van der Waals surface area contributed by atoms with Crippen LogP contribution >= 0.6 is 11.6 Å². The number of amides is 1. The first-order chi connectivity index (χ1) is 10.0. The summed E-state index contributed by atoms with van der Waals surface area (Å²) < 4.78 is 0. The van der Waals surface area contributed by atoms with Gasteiger partial charge in [0.2, 0.25) is 0 Å². The number of halogens is 1. The number of aryl methyl sites for hydroxylation is 1. The van der Waals surface area contributed by atoms with E-state index in [4.69, 9.17) is 11.6 Å². The Balaban J connectivity index is 2.25. The van der Waals surface area contributed by atoms with Crippen LogP contribution in [0.2, 0.25) is 5.02 Å². The molecule has 2 rings (SSSR count). The molecule has 2 aromatic rings. The van der Waals surface area contributed by atoms with Crippen LogP contribution in [0.5, 0.6) is 0 Å². The molecule has 2 aromatic carbocycles. The predicted octanol–water partition coefficient (Wildman–Crippen LogP) is 5.41. The van der Waals surface area contributed by atoms with E-state index < -0.39 is 0 Å². The van der Waals surface area contributed by atoms with E-state index in [1.54, 1.807) is 12.1 Å². The van der Waals surface area contributed by atoms with E-state index >= 15 is 0 Å². The van der Waals surface area contributed by atoms with Crippen molar-refractivity contribution in [2.24, 2.45) is 0 Å². The first kappa shape index (κ1) is 15.6. The summed E-state index contributed by atoms with van der Waals surface area (Å²) in [6.07, 6.45) is 1.03. The van der Waals surface area contributed by atoms with Crippen LogP contribution in [-0.4, -0.2) is 5.91 Å². The van der Waals surface area contributed by atoms with Crippen LogP contribution in [-0.2, 0) is 0 Å². The molecule has 0 radical (unpaired) electrons. The Morgan fingerprint density at radius 1 is 1.24 bits per heavy atom. The Morgan fingerprint density at radius 2 is 1.95 bits per heavy atom. The van der Waals surface area contributed by atoms with Gasteiger partial charge in [0, 0.05) is 16.3 Å². The second-order valence-corrected chi connectivity index (χ2v) is 5.72. The van der Waals surface area contributed by atoms with Crippen LogP contribution in [0.4, 0.5) is 5.69 Å². The number of rotatable bonds is 4. The number of hydrogen-bond acceptors (Lipinski definition) is 1. The number of benzene rings is 2. The zero-order chi connectivity index (χ0) is 15.4. The summed E-state index contributed by atoms with van der Waals surface area (Å²) in [5.41, 5.74) is 3.57. The molecule has 0 aliphatic carbocycles. The van der Waals surface area contributed by atoms with Gasteiger partial charge in [0.25, 0.3) is 5.91 Å². The van der Waals surface area contributed by atoms with Gasteiger partial charge >= 0.3 is 0 Å². The third kappa shape index (κ3) is 3.64. The SMILES string of the molecule is CC[C@H](C)c1ccccc1NC(=O)c1ccc(C)c(Cl)c1. The van der Waals surface area contributed by atoms with E-state index in [0.29, 0.717) is 16.5 Å². The molecule has 0 bridgehead atoms. The average molecular weight is 302 g/mol. The first-order valence-corrected chi connectivity index (χ1v) is 7.57. The molecule has 0 aliphatic heterocycles. The van der Waals surface area contributed by atoms with Gasteiger partial charge < -0.3 is 5.32 Å². The number of hydrogen-bond donors (Lipinski definition) is 1. The maximum absolute atomic E-state index is 12.4. The van der Waals surface area contributed by atoms with E-state index in [1.165, 1.54) is 0 Å². The fourth-order valence-electron chi connectivity index (χ4n) is 2.19. The van der Waals surface area contributed by atoms with E-state index in [0.717, 1.165) is 23.2 Å². The van der Waals surface area contributed by atoms with Crippen LogP contribution in [0.1, 0.15) is 47.7 Å². The summed E-state index contributed by atoms with van der Waals surface area (Å²) in [5, 5.41) is 3.60. The molecule has 0 unspecified atom stereocenters. The van der Waals surface area contributed by atoms with Gasteiger partial charge in [-0.05, 0) is 48.6 Å². The van der Waals surface area contributed by atoms with Crippen molar-refractivity contribution in [1.29, 1.82) is 0 Å². The Bertz CT molecular complexity index is 651. The Kier molecular flexibility index (Phi) is 5.03. The molecule has 0 aliphatic rings. The molecule has 0 aromatic heterocycles. The highest BCUT2D eigenvalue weighted by atomic mass is 35.5. The summed E-state index contributed by atoms with van der Waals surface area (Å²) in [4.78, 5) is 12.4. The summed E-state index contributed by atoms with van der Waals surface area (Å²) in [6.45, 7) is 6.22. The summed E-state index contributed by atoms with van der Waals surface area (Å²) in [6, 6.07) is 13.3. The fourth-order valence-corrected chi connectivity index (χ4v) is 2.37. The molecule has 1 amide bonds. The van der Waals surface area contributed by atoms with Crippen LogP contribution in [0.3, 0.4) is 0 Å². The molecule has 0 spiro atoms. The summed E-state index contributed by atoms with van der Waals surface area (Å²) >= 11 is 6.09. The van der Waals surface area contributed by atoms with Gasteiger partial charge in [0.15, 0.2) is 0 Å². The number of nitrogens with one attached hydrogen (secondary N) is 1. The van der Waals surface area contributed by atoms with Crippen LogP contribution in [0.25, 0.3) is 0 Å². The van der Waals surface area contributed by atoms with E-state index in [2.05, 4.69) is 25.2 Å². The zero-order valence-electron chi connectivity index (χ0n) is 12.6. The van der Waals surface area contributed by atoms with Gasteiger partial charge in [0.05, 0.1) is 0 Å². The lowest BCUT2D eigenvalue weighted by atomic mass is 9.97. The second kappa shape index (κ2) is 6.77. The zero-order valence-corrected chi connectivity index (χ0v) is 13.4. The Morgan fingerprint density at radius 3 is 2.62 bits per heavy atom. The van der Waals surface area contributed by atoms with Crippen molar-refractivity contribution >= 4 is 23.2 Å². The topological polar surface area (TPSA) is 29.1 Å². The van der Waals surface area contributed by atoms with Gasteiger partial charge in [-0.1, -0.05) is 49.7 Å². The van der Waals surface area contributed by atoms with E-state index in [9.17, 15) is 4.79 Å². The molecule has 0 heterocycles. The quantitative estimate of drug-likeness (QED) is 0.803. The van der Waals surface area contributed by atoms with Crippen molar-refractivity contribution in [3.05, 3.63) is 64.2 Å². The molecule has 0 saturated heterocycles. The maximum atomic E-state index is 12.4. The van der Waals surface area contributed by atoms with Crippen LogP contribution < -0.4 is 5.32 Å². The van der Waals surface area contributed by atoms with Gasteiger partial charge in [-0.3, -0.25) is 4.79 Å². The van der Waals surface area contributed by atoms with Crippen molar-refractivity contribution in [2.45, 2.75) is 33.1 Å². The lowest BCUT2D eigenvalue weighted by molar-refractivity contribution is 0.102. The maximum Gasteiger partial charge on any atom is 0.255 e. The molecule has 1 atom stereocenters. The van der Waals surface area contributed by atoms with Gasteiger partial charge in [-0.15, -0.1) is 0 Å².